The van der Waals surface area contributed by atoms with E-state index in [1.165, 1.54) is 6.33 Å². The zero-order chi connectivity index (χ0) is 23.3. The lowest BCUT2D eigenvalue weighted by Crippen LogP contribution is -2.43. The van der Waals surface area contributed by atoms with Gasteiger partial charge in [-0.1, -0.05) is 36.4 Å². The summed E-state index contributed by atoms with van der Waals surface area (Å²) in [5.74, 6) is 0.371. The van der Waals surface area contributed by atoms with E-state index < -0.39 is 0 Å². The number of amides is 2. The van der Waals surface area contributed by atoms with E-state index in [9.17, 15) is 9.59 Å². The second kappa shape index (κ2) is 9.62. The number of rotatable bonds is 6. The summed E-state index contributed by atoms with van der Waals surface area (Å²) in [6.07, 6.45) is 8.48. The summed E-state index contributed by atoms with van der Waals surface area (Å²) in [5, 5.41) is 2.85. The Morgan fingerprint density at radius 1 is 1.00 bits per heavy atom. The van der Waals surface area contributed by atoms with Crippen molar-refractivity contribution in [3.05, 3.63) is 108 Å². The van der Waals surface area contributed by atoms with Gasteiger partial charge >= 0.3 is 0 Å². The fraction of sp³-hybridized carbons (Fsp3) is 0.200. The summed E-state index contributed by atoms with van der Waals surface area (Å²) in [6, 6.07) is 14.9. The predicted molar refractivity (Wildman–Crippen MR) is 123 cm³/mol. The van der Waals surface area contributed by atoms with Gasteiger partial charge in [-0.3, -0.25) is 14.6 Å². The summed E-state index contributed by atoms with van der Waals surface area (Å²) in [4.78, 5) is 44.8. The molecule has 1 aliphatic rings. The molecule has 0 aliphatic carbocycles. The predicted octanol–water partition coefficient (Wildman–Crippen LogP) is 2.17. The molecule has 1 aromatic carbocycles. The Labute approximate surface area is 196 Å². The molecule has 0 radical (unpaired) electrons. The number of fused-ring (bicyclic) bond motifs is 1. The van der Waals surface area contributed by atoms with E-state index >= 15 is 0 Å². The molecule has 170 valence electrons. The number of aromatic nitrogens is 5. The van der Waals surface area contributed by atoms with Crippen molar-refractivity contribution < 1.29 is 9.59 Å². The molecular weight excluding hydrogens is 430 g/mol. The van der Waals surface area contributed by atoms with Crippen LogP contribution in [0, 0.1) is 0 Å². The zero-order valence-electron chi connectivity index (χ0n) is 18.4. The van der Waals surface area contributed by atoms with Gasteiger partial charge in [-0.15, -0.1) is 0 Å². The molecule has 1 unspecified atom stereocenters. The van der Waals surface area contributed by atoms with E-state index in [1.54, 1.807) is 30.9 Å². The molecule has 0 bridgehead atoms. The maximum absolute atomic E-state index is 13.3. The molecule has 0 fully saturated rings. The summed E-state index contributed by atoms with van der Waals surface area (Å²) in [7, 11) is 0. The summed E-state index contributed by atoms with van der Waals surface area (Å²) in [5.41, 5.74) is 2.83. The van der Waals surface area contributed by atoms with E-state index in [1.807, 2.05) is 51.9 Å². The smallest absolute Gasteiger partial charge is 0.271 e. The summed E-state index contributed by atoms with van der Waals surface area (Å²) < 4.78 is 1.96. The Kier molecular flexibility index (Phi) is 6.07. The average molecular weight is 454 g/mol. The molecule has 0 spiro atoms. The Morgan fingerprint density at radius 2 is 1.88 bits per heavy atom. The molecule has 34 heavy (non-hydrogen) atoms. The Hall–Kier alpha value is -4.40. The molecule has 9 heteroatoms. The first-order valence-electron chi connectivity index (χ1n) is 11.0. The minimum atomic E-state index is -0.387. The molecule has 3 aromatic heterocycles. The van der Waals surface area contributed by atoms with Gasteiger partial charge in [0, 0.05) is 37.9 Å². The van der Waals surface area contributed by atoms with Crippen LogP contribution in [0.15, 0.2) is 79.6 Å². The minimum Gasteiger partial charge on any atom is -0.345 e. The van der Waals surface area contributed by atoms with Gasteiger partial charge in [0.2, 0.25) is 5.91 Å². The van der Waals surface area contributed by atoms with Crippen molar-refractivity contribution in [2.45, 2.75) is 25.6 Å². The van der Waals surface area contributed by atoms with Crippen LogP contribution >= 0.6 is 0 Å². The number of carbonyl (C=O) groups excluding carboxylic acids is 2. The third-order valence-electron chi connectivity index (χ3n) is 5.77. The quantitative estimate of drug-likeness (QED) is 0.480. The molecule has 4 heterocycles. The van der Waals surface area contributed by atoms with Crippen LogP contribution < -0.4 is 5.32 Å². The molecule has 0 saturated heterocycles. The SMILES string of the molecule is O=C(NCc1ccncn1)c1cn2c(n1)C(c1ccccc1)N(C(=O)Cc1cccnc1)CC2. The molecule has 4 aromatic rings. The average Bonchev–Trinajstić information content (AvgIpc) is 3.33. The van der Waals surface area contributed by atoms with E-state index in [0.29, 0.717) is 30.3 Å². The number of hydrogen-bond acceptors (Lipinski definition) is 6. The lowest BCUT2D eigenvalue weighted by molar-refractivity contribution is -0.133. The van der Waals surface area contributed by atoms with Gasteiger partial charge in [-0.25, -0.2) is 15.0 Å². The van der Waals surface area contributed by atoms with E-state index in [2.05, 4.69) is 25.3 Å². The Bertz CT molecular complexity index is 1280. The highest BCUT2D eigenvalue weighted by Crippen LogP contribution is 2.32. The third-order valence-corrected chi connectivity index (χ3v) is 5.77. The van der Waals surface area contributed by atoms with Gasteiger partial charge < -0.3 is 14.8 Å². The van der Waals surface area contributed by atoms with Gasteiger partial charge in [0.05, 0.1) is 18.7 Å². The maximum Gasteiger partial charge on any atom is 0.271 e. The standard InChI is InChI=1S/C25H23N7O2/c33-22(13-18-5-4-9-26-14-18)32-12-11-31-16-21(25(34)28-15-20-8-10-27-17-29-20)30-24(31)23(32)19-6-2-1-3-7-19/h1-10,14,16-17,23H,11-13,15H2,(H,28,34). The van der Waals surface area contributed by atoms with Crippen molar-refractivity contribution in [3.63, 3.8) is 0 Å². The number of nitrogens with one attached hydrogen (secondary N) is 1. The Morgan fingerprint density at radius 3 is 2.65 bits per heavy atom. The first-order valence-corrected chi connectivity index (χ1v) is 11.0. The lowest BCUT2D eigenvalue weighted by Gasteiger charge is -2.36. The van der Waals surface area contributed by atoms with E-state index in [4.69, 9.17) is 0 Å². The number of hydrogen-bond donors (Lipinski definition) is 1. The summed E-state index contributed by atoms with van der Waals surface area (Å²) >= 11 is 0. The van der Waals surface area contributed by atoms with Crippen molar-refractivity contribution in [1.82, 2.24) is 34.7 Å². The second-order valence-corrected chi connectivity index (χ2v) is 8.00. The first kappa shape index (κ1) is 21.4. The zero-order valence-corrected chi connectivity index (χ0v) is 18.4. The lowest BCUT2D eigenvalue weighted by atomic mass is 10.0. The molecule has 0 saturated carbocycles. The van der Waals surface area contributed by atoms with Crippen LogP contribution in [0.3, 0.4) is 0 Å². The number of nitrogens with zero attached hydrogens (tertiary/aromatic N) is 6. The normalized spacial score (nSPS) is 14.9. The van der Waals surface area contributed by atoms with Crippen molar-refractivity contribution >= 4 is 11.8 Å². The third kappa shape index (κ3) is 4.54. The van der Waals surface area contributed by atoms with Crippen LogP contribution in [0.2, 0.25) is 0 Å². The number of imidazole rings is 1. The molecule has 1 aliphatic heterocycles. The first-order chi connectivity index (χ1) is 16.7. The van der Waals surface area contributed by atoms with E-state index in [0.717, 1.165) is 11.1 Å². The van der Waals surface area contributed by atoms with Crippen molar-refractivity contribution in [2.75, 3.05) is 6.54 Å². The van der Waals surface area contributed by atoms with Gasteiger partial charge in [-0.2, -0.15) is 0 Å². The van der Waals surface area contributed by atoms with Crippen LogP contribution in [0.5, 0.6) is 0 Å². The topological polar surface area (TPSA) is 106 Å². The monoisotopic (exact) mass is 453 g/mol. The van der Waals surface area contributed by atoms with Crippen LogP contribution in [-0.2, 0) is 24.3 Å². The van der Waals surface area contributed by atoms with Gasteiger partial charge in [0.1, 0.15) is 23.9 Å². The summed E-state index contributed by atoms with van der Waals surface area (Å²) in [6.45, 7) is 1.36. The largest absolute Gasteiger partial charge is 0.345 e. The Balaban J connectivity index is 1.41. The highest BCUT2D eigenvalue weighted by atomic mass is 16.2. The molecule has 2 amide bonds. The van der Waals surface area contributed by atoms with Crippen LogP contribution in [0.1, 0.15) is 39.2 Å². The minimum absolute atomic E-state index is 0.00846. The van der Waals surface area contributed by atoms with E-state index in [-0.39, 0.29) is 30.8 Å². The maximum atomic E-state index is 13.3. The van der Waals surface area contributed by atoms with Gasteiger partial charge in [0.25, 0.3) is 5.91 Å². The van der Waals surface area contributed by atoms with Crippen molar-refractivity contribution in [2.24, 2.45) is 0 Å². The fourth-order valence-electron chi connectivity index (χ4n) is 4.12. The number of benzene rings is 1. The number of pyridine rings is 1. The molecule has 1 atom stereocenters. The van der Waals surface area contributed by atoms with Crippen LogP contribution in [-0.4, -0.2) is 47.8 Å². The molecular formula is C25H23N7O2. The van der Waals surface area contributed by atoms with Crippen molar-refractivity contribution in [3.8, 4) is 0 Å². The van der Waals surface area contributed by atoms with Crippen molar-refractivity contribution in [1.29, 1.82) is 0 Å². The highest BCUT2D eigenvalue weighted by molar-refractivity contribution is 5.92. The second-order valence-electron chi connectivity index (χ2n) is 8.00. The number of carbonyl (C=O) groups is 2. The van der Waals surface area contributed by atoms with Crippen LogP contribution in [0.4, 0.5) is 0 Å². The molecule has 1 N–H and O–H groups in total. The highest BCUT2D eigenvalue weighted by Gasteiger charge is 2.34. The van der Waals surface area contributed by atoms with Crippen LogP contribution in [0.25, 0.3) is 0 Å². The van der Waals surface area contributed by atoms with Gasteiger partial charge in [0.15, 0.2) is 0 Å². The molecule has 9 nitrogen and oxygen atoms in total. The fourth-order valence-corrected chi connectivity index (χ4v) is 4.12. The van der Waals surface area contributed by atoms with Gasteiger partial charge in [-0.05, 0) is 23.3 Å². The molecule has 5 rings (SSSR count).